The minimum Gasteiger partial charge on any atom is -0.379 e. The van der Waals surface area contributed by atoms with Crippen LogP contribution in [0.3, 0.4) is 0 Å². The van der Waals surface area contributed by atoms with Gasteiger partial charge in [-0.05, 0) is 39.5 Å². The van der Waals surface area contributed by atoms with Crippen LogP contribution < -0.4 is 5.32 Å². The van der Waals surface area contributed by atoms with Gasteiger partial charge in [0.2, 0.25) is 0 Å². The van der Waals surface area contributed by atoms with E-state index < -0.39 is 10.8 Å². The van der Waals surface area contributed by atoms with Gasteiger partial charge in [-0.15, -0.1) is 0 Å². The standard InChI is InChI=1S/C15H31N3O2S/c1-15(2,3)21(19)11-8-17-14(16-4)18(5)9-10-20-12-13-6-7-13/h13H,6-12H2,1-5H3,(H,16,17). The smallest absolute Gasteiger partial charge is 0.193 e. The lowest BCUT2D eigenvalue weighted by atomic mass is 10.3. The molecule has 1 atom stereocenters. The van der Waals surface area contributed by atoms with Crippen LogP contribution in [-0.2, 0) is 15.5 Å². The van der Waals surface area contributed by atoms with E-state index in [9.17, 15) is 4.21 Å². The summed E-state index contributed by atoms with van der Waals surface area (Å²) in [5.74, 6) is 2.27. The molecule has 0 aromatic heterocycles. The predicted molar refractivity (Wildman–Crippen MR) is 90.3 cm³/mol. The molecule has 0 aromatic rings. The van der Waals surface area contributed by atoms with E-state index in [0.717, 1.165) is 31.6 Å². The van der Waals surface area contributed by atoms with Crippen LogP contribution in [0, 0.1) is 5.92 Å². The van der Waals surface area contributed by atoms with E-state index in [1.807, 2.05) is 32.7 Å². The fourth-order valence-electron chi connectivity index (χ4n) is 1.79. The quantitative estimate of drug-likeness (QED) is 0.418. The molecule has 1 saturated carbocycles. The van der Waals surface area contributed by atoms with Gasteiger partial charge in [-0.2, -0.15) is 0 Å². The molecule has 1 fully saturated rings. The van der Waals surface area contributed by atoms with Crippen molar-refractivity contribution in [1.29, 1.82) is 0 Å². The number of likely N-dealkylation sites (N-methyl/N-ethyl adjacent to an activating group) is 1. The Morgan fingerprint density at radius 1 is 1.43 bits per heavy atom. The van der Waals surface area contributed by atoms with Gasteiger partial charge in [0.05, 0.1) is 6.61 Å². The van der Waals surface area contributed by atoms with E-state index in [1.165, 1.54) is 12.8 Å². The highest BCUT2D eigenvalue weighted by molar-refractivity contribution is 7.86. The van der Waals surface area contributed by atoms with Crippen LogP contribution in [0.15, 0.2) is 4.99 Å². The summed E-state index contributed by atoms with van der Waals surface area (Å²) in [6, 6.07) is 0. The molecule has 0 heterocycles. The van der Waals surface area contributed by atoms with Crippen molar-refractivity contribution < 1.29 is 8.95 Å². The first-order valence-electron chi connectivity index (χ1n) is 7.72. The number of rotatable bonds is 8. The van der Waals surface area contributed by atoms with Crippen molar-refractivity contribution in [3.8, 4) is 0 Å². The van der Waals surface area contributed by atoms with Crippen molar-refractivity contribution in [3.63, 3.8) is 0 Å². The Labute approximate surface area is 132 Å². The van der Waals surface area contributed by atoms with Gasteiger partial charge in [-0.25, -0.2) is 0 Å². The van der Waals surface area contributed by atoms with E-state index in [2.05, 4.69) is 10.3 Å². The molecule has 1 N–H and O–H groups in total. The molecule has 1 rings (SSSR count). The molecule has 0 radical (unpaired) electrons. The Kier molecular flexibility index (Phi) is 7.66. The maximum atomic E-state index is 12.0. The summed E-state index contributed by atoms with van der Waals surface area (Å²) >= 11 is 0. The molecule has 21 heavy (non-hydrogen) atoms. The second-order valence-electron chi connectivity index (χ2n) is 6.58. The third-order valence-corrected chi connectivity index (χ3v) is 5.39. The molecular weight excluding hydrogens is 286 g/mol. The molecule has 1 aliphatic rings. The zero-order valence-corrected chi connectivity index (χ0v) is 15.0. The molecule has 0 aliphatic heterocycles. The highest BCUT2D eigenvalue weighted by Gasteiger charge is 2.21. The average molecular weight is 317 g/mol. The monoisotopic (exact) mass is 317 g/mol. The van der Waals surface area contributed by atoms with Crippen molar-refractivity contribution in [2.24, 2.45) is 10.9 Å². The van der Waals surface area contributed by atoms with Crippen LogP contribution in [-0.4, -0.2) is 66.0 Å². The summed E-state index contributed by atoms with van der Waals surface area (Å²) in [7, 11) is 2.93. The van der Waals surface area contributed by atoms with E-state index in [4.69, 9.17) is 4.74 Å². The fraction of sp³-hybridized carbons (Fsp3) is 0.933. The topological polar surface area (TPSA) is 53.9 Å². The number of nitrogens with one attached hydrogen (secondary N) is 1. The number of hydrogen-bond acceptors (Lipinski definition) is 3. The molecule has 5 nitrogen and oxygen atoms in total. The number of aliphatic imine (C=N–C) groups is 1. The molecule has 124 valence electrons. The highest BCUT2D eigenvalue weighted by Crippen LogP contribution is 2.28. The van der Waals surface area contributed by atoms with Crippen LogP contribution in [0.25, 0.3) is 0 Å². The lowest BCUT2D eigenvalue weighted by Gasteiger charge is -2.23. The van der Waals surface area contributed by atoms with Gasteiger partial charge in [0, 0.05) is 55.1 Å². The van der Waals surface area contributed by atoms with E-state index >= 15 is 0 Å². The zero-order chi connectivity index (χ0) is 15.9. The Balaban J connectivity index is 2.18. The van der Waals surface area contributed by atoms with Gasteiger partial charge in [-0.1, -0.05) is 0 Å². The van der Waals surface area contributed by atoms with Gasteiger partial charge >= 0.3 is 0 Å². The summed E-state index contributed by atoms with van der Waals surface area (Å²) in [5.41, 5.74) is 0. The number of hydrogen-bond donors (Lipinski definition) is 1. The Morgan fingerprint density at radius 3 is 2.62 bits per heavy atom. The fourth-order valence-corrected chi connectivity index (χ4v) is 2.69. The van der Waals surface area contributed by atoms with Crippen molar-refractivity contribution in [1.82, 2.24) is 10.2 Å². The summed E-state index contributed by atoms with van der Waals surface area (Å²) in [4.78, 5) is 6.30. The Bertz CT molecular complexity index is 362. The van der Waals surface area contributed by atoms with E-state index in [1.54, 1.807) is 7.05 Å². The third kappa shape index (κ3) is 7.81. The molecule has 0 saturated heterocycles. The lowest BCUT2D eigenvalue weighted by molar-refractivity contribution is 0.115. The van der Waals surface area contributed by atoms with E-state index in [-0.39, 0.29) is 4.75 Å². The molecular formula is C15H31N3O2S. The van der Waals surface area contributed by atoms with Crippen molar-refractivity contribution in [2.45, 2.75) is 38.4 Å². The van der Waals surface area contributed by atoms with Crippen LogP contribution in [0.1, 0.15) is 33.6 Å². The van der Waals surface area contributed by atoms with Crippen molar-refractivity contribution in [2.75, 3.05) is 46.2 Å². The van der Waals surface area contributed by atoms with Crippen LogP contribution in [0.4, 0.5) is 0 Å². The minimum absolute atomic E-state index is 0.159. The molecule has 1 aliphatic carbocycles. The van der Waals surface area contributed by atoms with Gasteiger partial charge < -0.3 is 15.0 Å². The normalized spacial score (nSPS) is 17.7. The van der Waals surface area contributed by atoms with Crippen LogP contribution >= 0.6 is 0 Å². The second-order valence-corrected chi connectivity index (χ2v) is 8.90. The summed E-state index contributed by atoms with van der Waals surface area (Å²) in [6.07, 6.45) is 2.65. The zero-order valence-electron chi connectivity index (χ0n) is 14.1. The minimum atomic E-state index is -0.835. The lowest BCUT2D eigenvalue weighted by Crippen LogP contribution is -2.42. The van der Waals surface area contributed by atoms with Crippen molar-refractivity contribution in [3.05, 3.63) is 0 Å². The van der Waals surface area contributed by atoms with Gasteiger partial charge in [0.1, 0.15) is 0 Å². The molecule has 6 heteroatoms. The predicted octanol–water partition coefficient (Wildman–Crippen LogP) is 1.47. The molecule has 0 bridgehead atoms. The molecule has 0 spiro atoms. The number of guanidine groups is 1. The third-order valence-electron chi connectivity index (χ3n) is 3.45. The van der Waals surface area contributed by atoms with Crippen molar-refractivity contribution >= 4 is 16.8 Å². The number of nitrogens with zero attached hydrogens (tertiary/aromatic N) is 2. The Morgan fingerprint density at radius 2 is 2.10 bits per heavy atom. The van der Waals surface area contributed by atoms with Gasteiger partial charge in [-0.3, -0.25) is 9.20 Å². The maximum Gasteiger partial charge on any atom is 0.193 e. The average Bonchev–Trinajstić information content (AvgIpc) is 3.22. The highest BCUT2D eigenvalue weighted by atomic mass is 32.2. The number of ether oxygens (including phenoxy) is 1. The SMILES string of the molecule is CN=C(NCCS(=O)C(C)(C)C)N(C)CCOCC1CC1. The Hall–Kier alpha value is -0.620. The van der Waals surface area contributed by atoms with Gasteiger partial charge in [0.15, 0.2) is 5.96 Å². The van der Waals surface area contributed by atoms with Gasteiger partial charge in [0.25, 0.3) is 0 Å². The molecule has 1 unspecified atom stereocenters. The first-order valence-corrected chi connectivity index (χ1v) is 9.04. The van der Waals surface area contributed by atoms with Crippen LogP contribution in [0.5, 0.6) is 0 Å². The molecule has 0 aromatic carbocycles. The van der Waals surface area contributed by atoms with E-state index in [0.29, 0.717) is 12.3 Å². The van der Waals surface area contributed by atoms with Crippen LogP contribution in [0.2, 0.25) is 0 Å². The summed E-state index contributed by atoms with van der Waals surface area (Å²) in [6.45, 7) is 9.11. The maximum absolute atomic E-state index is 12.0. The summed E-state index contributed by atoms with van der Waals surface area (Å²) < 4.78 is 17.5. The second kappa shape index (κ2) is 8.73. The first kappa shape index (κ1) is 18.4. The first-order chi connectivity index (χ1) is 9.84. The summed E-state index contributed by atoms with van der Waals surface area (Å²) in [5, 5.41) is 3.26. The molecule has 0 amide bonds. The largest absolute Gasteiger partial charge is 0.379 e.